The third-order valence-corrected chi connectivity index (χ3v) is 4.35. The van der Waals surface area contributed by atoms with E-state index in [1.54, 1.807) is 40.0 Å². The number of carbonyl (C=O) groups excluding carboxylic acids is 3. The molecule has 30 heavy (non-hydrogen) atoms. The molecule has 7 heteroatoms. The molecular formula is C23H28N2O5. The second kappa shape index (κ2) is 9.91. The van der Waals surface area contributed by atoms with Gasteiger partial charge in [-0.3, -0.25) is 10.1 Å². The lowest BCUT2D eigenvalue weighted by Gasteiger charge is -2.25. The zero-order valence-electron chi connectivity index (χ0n) is 18.0. The fourth-order valence-corrected chi connectivity index (χ4v) is 2.59. The summed E-state index contributed by atoms with van der Waals surface area (Å²) < 4.78 is 10.3. The van der Waals surface area contributed by atoms with Crippen LogP contribution in [-0.2, 0) is 14.3 Å². The Morgan fingerprint density at radius 3 is 2.17 bits per heavy atom. The normalized spacial score (nSPS) is 11.9. The van der Waals surface area contributed by atoms with Crippen molar-refractivity contribution in [1.82, 2.24) is 4.90 Å². The van der Waals surface area contributed by atoms with Gasteiger partial charge in [-0.1, -0.05) is 30.3 Å². The third kappa shape index (κ3) is 6.92. The summed E-state index contributed by atoms with van der Waals surface area (Å²) in [4.78, 5) is 37.9. The molecule has 0 unspecified atom stereocenters. The second-order valence-electron chi connectivity index (χ2n) is 7.87. The zero-order valence-corrected chi connectivity index (χ0v) is 18.0. The first kappa shape index (κ1) is 22.9. The number of nitrogens with zero attached hydrogens (tertiary/aromatic N) is 1. The van der Waals surface area contributed by atoms with E-state index in [9.17, 15) is 14.4 Å². The van der Waals surface area contributed by atoms with Gasteiger partial charge >= 0.3 is 12.1 Å². The van der Waals surface area contributed by atoms with Crippen LogP contribution < -0.4 is 5.32 Å². The number of amides is 2. The SMILES string of the molecule is C[C@H](c1ccccc1)N(C)C(=O)COC(=O)c1ccc(NC(=O)OC(C)(C)C)cc1. The number of likely N-dealkylation sites (N-methyl/N-ethyl adjacent to an activating group) is 1. The van der Waals surface area contributed by atoms with Crippen LogP contribution in [0.4, 0.5) is 10.5 Å². The standard InChI is InChI=1S/C23H28N2O5/c1-16(17-9-7-6-8-10-17)25(5)20(26)15-29-21(27)18-11-13-19(14-12-18)24-22(28)30-23(2,3)4/h6-14,16H,15H2,1-5H3,(H,24,28)/t16-/m1/s1. The number of rotatable bonds is 6. The molecule has 0 aliphatic heterocycles. The molecule has 0 saturated heterocycles. The van der Waals surface area contributed by atoms with E-state index in [4.69, 9.17) is 9.47 Å². The molecule has 0 aliphatic carbocycles. The molecule has 0 aromatic heterocycles. The Kier molecular flexibility index (Phi) is 7.58. The maximum atomic E-state index is 12.4. The molecule has 0 heterocycles. The first-order valence-corrected chi connectivity index (χ1v) is 9.64. The van der Waals surface area contributed by atoms with E-state index in [0.717, 1.165) is 5.56 Å². The van der Waals surface area contributed by atoms with Gasteiger partial charge in [0.1, 0.15) is 5.60 Å². The van der Waals surface area contributed by atoms with Crippen molar-refractivity contribution in [3.05, 3.63) is 65.7 Å². The molecule has 0 saturated carbocycles. The lowest BCUT2D eigenvalue weighted by Crippen LogP contribution is -2.33. The van der Waals surface area contributed by atoms with Crippen molar-refractivity contribution in [3.8, 4) is 0 Å². The van der Waals surface area contributed by atoms with Gasteiger partial charge in [0.25, 0.3) is 5.91 Å². The second-order valence-corrected chi connectivity index (χ2v) is 7.87. The van der Waals surface area contributed by atoms with Crippen molar-refractivity contribution in [3.63, 3.8) is 0 Å². The number of anilines is 1. The first-order valence-electron chi connectivity index (χ1n) is 9.64. The number of benzene rings is 2. The van der Waals surface area contributed by atoms with Gasteiger partial charge in [-0.25, -0.2) is 9.59 Å². The van der Waals surface area contributed by atoms with E-state index in [0.29, 0.717) is 5.69 Å². The molecule has 0 fully saturated rings. The Hall–Kier alpha value is -3.35. The Bertz CT molecular complexity index is 873. The Balaban J connectivity index is 1.87. The molecule has 7 nitrogen and oxygen atoms in total. The predicted molar refractivity (Wildman–Crippen MR) is 114 cm³/mol. The van der Waals surface area contributed by atoms with Gasteiger partial charge < -0.3 is 14.4 Å². The summed E-state index contributed by atoms with van der Waals surface area (Å²) in [5.41, 5.74) is 1.14. The predicted octanol–water partition coefficient (Wildman–Crippen LogP) is 4.41. The average molecular weight is 412 g/mol. The van der Waals surface area contributed by atoms with Crippen molar-refractivity contribution in [2.24, 2.45) is 0 Å². The van der Waals surface area contributed by atoms with Crippen LogP contribution in [0.25, 0.3) is 0 Å². The van der Waals surface area contributed by atoms with E-state index in [1.807, 2.05) is 37.3 Å². The minimum atomic E-state index is -0.618. The first-order chi connectivity index (χ1) is 14.1. The van der Waals surface area contributed by atoms with Crippen molar-refractivity contribution >= 4 is 23.7 Å². The smallest absolute Gasteiger partial charge is 0.412 e. The number of nitrogens with one attached hydrogen (secondary N) is 1. The highest BCUT2D eigenvalue weighted by Crippen LogP contribution is 2.18. The van der Waals surface area contributed by atoms with Crippen LogP contribution >= 0.6 is 0 Å². The summed E-state index contributed by atoms with van der Waals surface area (Å²) in [7, 11) is 1.67. The Morgan fingerprint density at radius 2 is 1.60 bits per heavy atom. The molecule has 2 rings (SSSR count). The lowest BCUT2D eigenvalue weighted by atomic mass is 10.1. The van der Waals surface area contributed by atoms with E-state index in [1.165, 1.54) is 17.0 Å². The van der Waals surface area contributed by atoms with Crippen LogP contribution in [0, 0.1) is 0 Å². The van der Waals surface area contributed by atoms with Crippen molar-refractivity contribution < 1.29 is 23.9 Å². The van der Waals surface area contributed by atoms with Crippen LogP contribution in [0.1, 0.15) is 49.7 Å². The minimum absolute atomic E-state index is 0.143. The van der Waals surface area contributed by atoms with E-state index in [-0.39, 0.29) is 24.1 Å². The van der Waals surface area contributed by atoms with Gasteiger partial charge in [0.05, 0.1) is 11.6 Å². The molecule has 1 N–H and O–H groups in total. The van der Waals surface area contributed by atoms with Crippen LogP contribution in [0.5, 0.6) is 0 Å². The zero-order chi connectivity index (χ0) is 22.3. The van der Waals surface area contributed by atoms with Gasteiger partial charge in [-0.05, 0) is 57.5 Å². The van der Waals surface area contributed by atoms with Crippen LogP contribution in [0.15, 0.2) is 54.6 Å². The molecular weight excluding hydrogens is 384 g/mol. The molecule has 2 amide bonds. The monoisotopic (exact) mass is 412 g/mol. The maximum Gasteiger partial charge on any atom is 0.412 e. The summed E-state index contributed by atoms with van der Waals surface area (Å²) in [5, 5.41) is 2.58. The van der Waals surface area contributed by atoms with E-state index < -0.39 is 17.7 Å². The molecule has 0 spiro atoms. The summed E-state index contributed by atoms with van der Waals surface area (Å²) in [6, 6.07) is 15.6. The minimum Gasteiger partial charge on any atom is -0.452 e. The lowest BCUT2D eigenvalue weighted by molar-refractivity contribution is -0.135. The highest BCUT2D eigenvalue weighted by molar-refractivity contribution is 5.92. The molecule has 1 atom stereocenters. The summed E-state index contributed by atoms with van der Waals surface area (Å²) >= 11 is 0. The molecule has 0 aliphatic rings. The van der Waals surface area contributed by atoms with Gasteiger partial charge in [0, 0.05) is 12.7 Å². The number of carbonyl (C=O) groups is 3. The number of hydrogen-bond acceptors (Lipinski definition) is 5. The Morgan fingerprint density at radius 1 is 1.00 bits per heavy atom. The summed E-state index contributed by atoms with van der Waals surface area (Å²) in [6.45, 7) is 6.86. The molecule has 2 aromatic carbocycles. The molecule has 160 valence electrons. The van der Waals surface area contributed by atoms with Gasteiger partial charge in [-0.2, -0.15) is 0 Å². The van der Waals surface area contributed by atoms with E-state index >= 15 is 0 Å². The van der Waals surface area contributed by atoms with Crippen LogP contribution in [0.3, 0.4) is 0 Å². The summed E-state index contributed by atoms with van der Waals surface area (Å²) in [5.74, 6) is -0.921. The van der Waals surface area contributed by atoms with E-state index in [2.05, 4.69) is 5.32 Å². The van der Waals surface area contributed by atoms with Gasteiger partial charge in [0.15, 0.2) is 6.61 Å². The number of hydrogen-bond donors (Lipinski definition) is 1. The highest BCUT2D eigenvalue weighted by atomic mass is 16.6. The van der Waals surface area contributed by atoms with Crippen molar-refractivity contribution in [2.75, 3.05) is 19.0 Å². The quantitative estimate of drug-likeness (QED) is 0.711. The van der Waals surface area contributed by atoms with Crippen molar-refractivity contribution in [2.45, 2.75) is 39.3 Å². The highest BCUT2D eigenvalue weighted by Gasteiger charge is 2.19. The number of ether oxygens (including phenoxy) is 2. The third-order valence-electron chi connectivity index (χ3n) is 4.35. The Labute approximate surface area is 177 Å². The topological polar surface area (TPSA) is 84.9 Å². The number of esters is 1. The van der Waals surface area contributed by atoms with Crippen LogP contribution in [0.2, 0.25) is 0 Å². The average Bonchev–Trinajstić information content (AvgIpc) is 2.70. The molecule has 0 bridgehead atoms. The largest absolute Gasteiger partial charge is 0.452 e. The fourth-order valence-electron chi connectivity index (χ4n) is 2.59. The maximum absolute atomic E-state index is 12.4. The van der Waals surface area contributed by atoms with Gasteiger partial charge in [-0.15, -0.1) is 0 Å². The molecule has 2 aromatic rings. The van der Waals surface area contributed by atoms with Crippen molar-refractivity contribution in [1.29, 1.82) is 0 Å². The molecule has 0 radical (unpaired) electrons. The van der Waals surface area contributed by atoms with Gasteiger partial charge in [0.2, 0.25) is 0 Å². The van der Waals surface area contributed by atoms with Crippen LogP contribution in [-0.4, -0.2) is 42.1 Å². The summed E-state index contributed by atoms with van der Waals surface area (Å²) in [6.07, 6.45) is -0.584. The fraction of sp³-hybridized carbons (Fsp3) is 0.348.